The fourth-order valence-electron chi connectivity index (χ4n) is 6.52. The molecule has 0 N–H and O–H groups in total. The number of benzene rings is 4. The summed E-state index contributed by atoms with van der Waals surface area (Å²) in [6, 6.07) is 29.7. The van der Waals surface area contributed by atoms with Crippen LogP contribution in [0, 0.1) is 11.8 Å². The number of carbonyl (C=O) groups excluding carboxylic acids is 3. The van der Waals surface area contributed by atoms with Crippen LogP contribution >= 0.6 is 23.2 Å². The van der Waals surface area contributed by atoms with E-state index in [-0.39, 0.29) is 5.69 Å². The highest BCUT2D eigenvalue weighted by molar-refractivity contribution is 6.35. The fourth-order valence-corrected chi connectivity index (χ4v) is 7.03. The molecule has 208 valence electrons. The molecule has 4 aromatic rings. The maximum absolute atomic E-state index is 14.3. The monoisotopic (exact) mass is 594 g/mol. The number of hydrogen-bond donors (Lipinski definition) is 0. The highest BCUT2D eigenvalue weighted by atomic mass is 35.5. The van der Waals surface area contributed by atoms with Gasteiger partial charge in [0.05, 0.1) is 23.6 Å². The van der Waals surface area contributed by atoms with Crippen molar-refractivity contribution in [2.45, 2.75) is 18.2 Å². The van der Waals surface area contributed by atoms with Gasteiger partial charge in [0.1, 0.15) is 6.04 Å². The minimum atomic E-state index is -1.03. The zero-order chi connectivity index (χ0) is 29.0. The molecule has 0 bridgehead atoms. The molecule has 0 radical (unpaired) electrons. The van der Waals surface area contributed by atoms with Crippen molar-refractivity contribution in [1.29, 1.82) is 0 Å². The number of carbonyl (C=O) groups is 3. The van der Waals surface area contributed by atoms with Crippen LogP contribution in [-0.4, -0.2) is 28.7 Å². The summed E-state index contributed by atoms with van der Waals surface area (Å²) in [5.41, 5.74) is 3.68. The largest absolute Gasteiger partial charge is 0.451 e. The molecule has 2 saturated heterocycles. The van der Waals surface area contributed by atoms with Crippen LogP contribution in [-0.2, 0) is 19.1 Å². The van der Waals surface area contributed by atoms with Gasteiger partial charge in [-0.05, 0) is 46.5 Å². The van der Waals surface area contributed by atoms with Crippen molar-refractivity contribution in [2.75, 3.05) is 4.90 Å². The lowest BCUT2D eigenvalue weighted by atomic mass is 9.84. The van der Waals surface area contributed by atoms with Gasteiger partial charge in [-0.15, -0.1) is 0 Å². The van der Waals surface area contributed by atoms with Crippen molar-refractivity contribution in [3.8, 4) is 0 Å². The first kappa shape index (κ1) is 26.5. The van der Waals surface area contributed by atoms with Crippen LogP contribution in [0.5, 0.6) is 0 Å². The molecule has 3 aliphatic heterocycles. The summed E-state index contributed by atoms with van der Waals surface area (Å²) in [4.78, 5) is 45.6. The Balaban J connectivity index is 1.32. The Hall–Kier alpha value is -4.39. The van der Waals surface area contributed by atoms with E-state index < -0.39 is 47.8 Å². The second-order valence-electron chi connectivity index (χ2n) is 10.6. The predicted molar refractivity (Wildman–Crippen MR) is 161 cm³/mol. The van der Waals surface area contributed by atoms with Gasteiger partial charge in [0, 0.05) is 16.2 Å². The van der Waals surface area contributed by atoms with Crippen LogP contribution in [0.3, 0.4) is 0 Å². The highest BCUT2D eigenvalue weighted by Gasteiger charge is 2.65. The Bertz CT molecular complexity index is 1680. The van der Waals surface area contributed by atoms with E-state index in [4.69, 9.17) is 27.9 Å². The molecule has 0 spiro atoms. The van der Waals surface area contributed by atoms with E-state index in [1.165, 1.54) is 18.2 Å². The molecule has 3 heterocycles. The molecule has 6 nitrogen and oxygen atoms in total. The summed E-state index contributed by atoms with van der Waals surface area (Å²) in [5, 5.41) is 0.597. The van der Waals surface area contributed by atoms with Gasteiger partial charge in [0.2, 0.25) is 11.8 Å². The van der Waals surface area contributed by atoms with Crippen LogP contribution in [0.2, 0.25) is 10.0 Å². The van der Waals surface area contributed by atoms with Gasteiger partial charge in [0.25, 0.3) is 0 Å². The first-order chi connectivity index (χ1) is 20.4. The SMILES string of the molecule is O=C(OC(c1ccccc1)c1ccccc1)[C@@H]1[C@@H]2C(=O)N(c3cc(Cl)cc(Cl)c3)C(=O)[C@H]2[C@@H]2c3ccccc3C=CN12. The Morgan fingerprint density at radius 1 is 0.738 bits per heavy atom. The number of anilines is 1. The number of imide groups is 1. The Morgan fingerprint density at radius 2 is 1.31 bits per heavy atom. The lowest BCUT2D eigenvalue weighted by molar-refractivity contribution is -0.155. The molecule has 42 heavy (non-hydrogen) atoms. The second-order valence-corrected chi connectivity index (χ2v) is 11.5. The minimum Gasteiger partial charge on any atom is -0.451 e. The lowest BCUT2D eigenvalue weighted by Crippen LogP contribution is -2.45. The van der Waals surface area contributed by atoms with Crippen LogP contribution < -0.4 is 4.90 Å². The van der Waals surface area contributed by atoms with Crippen molar-refractivity contribution in [1.82, 2.24) is 4.90 Å². The molecule has 4 aromatic carbocycles. The molecule has 0 saturated carbocycles. The maximum atomic E-state index is 14.3. The molecule has 2 fully saturated rings. The van der Waals surface area contributed by atoms with Gasteiger partial charge in [-0.2, -0.15) is 0 Å². The number of amides is 2. The van der Waals surface area contributed by atoms with E-state index in [0.29, 0.717) is 10.0 Å². The first-order valence-corrected chi connectivity index (χ1v) is 14.4. The fraction of sp³-hybridized carbons (Fsp3) is 0.147. The summed E-state index contributed by atoms with van der Waals surface area (Å²) in [6.45, 7) is 0. The quantitative estimate of drug-likeness (QED) is 0.187. The van der Waals surface area contributed by atoms with Gasteiger partial charge in [-0.25, -0.2) is 9.69 Å². The Labute approximate surface area is 252 Å². The molecule has 0 aromatic heterocycles. The van der Waals surface area contributed by atoms with E-state index >= 15 is 0 Å². The highest BCUT2D eigenvalue weighted by Crippen LogP contribution is 2.54. The van der Waals surface area contributed by atoms with Crippen LogP contribution in [0.15, 0.2) is 109 Å². The number of fused-ring (bicyclic) bond motifs is 5. The second kappa shape index (κ2) is 10.5. The average molecular weight is 595 g/mol. The molecule has 3 aliphatic rings. The number of hydrogen-bond acceptors (Lipinski definition) is 5. The normalized spacial score (nSPS) is 22.3. The number of nitrogens with zero attached hydrogens (tertiary/aromatic N) is 2. The standard InChI is InChI=1S/C34H24Cl2N2O4/c35-23-17-24(36)19-25(18-23)38-32(39)27-28(33(38)40)30(37-16-15-20-9-7-8-14-26(20)29(27)37)34(41)42-31(21-10-3-1-4-11-21)22-12-5-2-6-13-22/h1-19,27-31H/t27-,28-,29+,30+/m1/s1. The molecule has 7 rings (SSSR count). The van der Waals surface area contributed by atoms with Crippen molar-refractivity contribution in [3.05, 3.63) is 142 Å². The molecular formula is C34H24Cl2N2O4. The smallest absolute Gasteiger partial charge is 0.330 e. The van der Waals surface area contributed by atoms with E-state index in [2.05, 4.69) is 0 Å². The average Bonchev–Trinajstić information content (AvgIpc) is 3.48. The lowest BCUT2D eigenvalue weighted by Gasteiger charge is -2.35. The first-order valence-electron chi connectivity index (χ1n) is 13.6. The van der Waals surface area contributed by atoms with Gasteiger partial charge in [-0.1, -0.05) is 108 Å². The summed E-state index contributed by atoms with van der Waals surface area (Å²) < 4.78 is 6.28. The van der Waals surface area contributed by atoms with E-state index in [1.807, 2.05) is 95.9 Å². The number of esters is 1. The van der Waals surface area contributed by atoms with E-state index in [0.717, 1.165) is 27.2 Å². The molecule has 4 atom stereocenters. The van der Waals surface area contributed by atoms with Gasteiger partial charge in [0.15, 0.2) is 6.10 Å². The molecule has 8 heteroatoms. The summed E-state index contributed by atoms with van der Waals surface area (Å²) in [7, 11) is 0. The Kier molecular flexibility index (Phi) is 6.60. The van der Waals surface area contributed by atoms with Gasteiger partial charge >= 0.3 is 5.97 Å². The summed E-state index contributed by atoms with van der Waals surface area (Å²) >= 11 is 12.5. The molecule has 0 unspecified atom stereocenters. The zero-order valence-electron chi connectivity index (χ0n) is 22.1. The molecular weight excluding hydrogens is 571 g/mol. The minimum absolute atomic E-state index is 0.279. The van der Waals surface area contributed by atoms with Gasteiger partial charge in [-0.3, -0.25) is 9.59 Å². The van der Waals surface area contributed by atoms with Crippen molar-refractivity contribution < 1.29 is 19.1 Å². The van der Waals surface area contributed by atoms with Crippen molar-refractivity contribution in [2.24, 2.45) is 11.8 Å². The van der Waals surface area contributed by atoms with Gasteiger partial charge < -0.3 is 9.64 Å². The van der Waals surface area contributed by atoms with Crippen LogP contribution in [0.4, 0.5) is 5.69 Å². The van der Waals surface area contributed by atoms with E-state index in [1.54, 1.807) is 6.20 Å². The summed E-state index contributed by atoms with van der Waals surface area (Å²) in [5.74, 6) is -3.26. The van der Waals surface area contributed by atoms with Crippen molar-refractivity contribution in [3.63, 3.8) is 0 Å². The summed E-state index contributed by atoms with van der Waals surface area (Å²) in [6.07, 6.45) is 3.01. The molecule has 0 aliphatic carbocycles. The van der Waals surface area contributed by atoms with Crippen LogP contribution in [0.25, 0.3) is 6.08 Å². The Morgan fingerprint density at radius 3 is 1.95 bits per heavy atom. The molecule has 2 amide bonds. The predicted octanol–water partition coefficient (Wildman–Crippen LogP) is 6.84. The third-order valence-corrected chi connectivity index (χ3v) is 8.68. The van der Waals surface area contributed by atoms with E-state index in [9.17, 15) is 14.4 Å². The third kappa shape index (κ3) is 4.30. The van der Waals surface area contributed by atoms with Crippen molar-refractivity contribution >= 4 is 52.7 Å². The number of ether oxygens (including phenoxy) is 1. The maximum Gasteiger partial charge on any atom is 0.330 e. The van der Waals surface area contributed by atoms with Crippen LogP contribution in [0.1, 0.15) is 34.4 Å². The zero-order valence-corrected chi connectivity index (χ0v) is 23.7. The number of halogens is 2. The third-order valence-electron chi connectivity index (χ3n) is 8.25. The number of rotatable bonds is 5. The topological polar surface area (TPSA) is 66.9 Å².